The monoisotopic (exact) mass is 355 g/mol. The van der Waals surface area contributed by atoms with E-state index >= 15 is 0 Å². The fourth-order valence-corrected chi connectivity index (χ4v) is 3.07. The second kappa shape index (κ2) is 8.29. The van der Waals surface area contributed by atoms with E-state index in [0.29, 0.717) is 17.9 Å². The number of piperazine rings is 1. The van der Waals surface area contributed by atoms with Crippen LogP contribution in [0, 0.1) is 6.92 Å². The maximum Gasteiger partial charge on any atom is 0.335 e. The van der Waals surface area contributed by atoms with Gasteiger partial charge in [0.2, 0.25) is 0 Å². The lowest BCUT2D eigenvalue weighted by molar-refractivity contribution is -0.136. The van der Waals surface area contributed by atoms with Gasteiger partial charge in [-0.05, 0) is 20.0 Å². The lowest BCUT2D eigenvalue weighted by Crippen LogP contribution is -2.45. The molecule has 0 N–H and O–H groups in total. The average molecular weight is 355 g/mol. The van der Waals surface area contributed by atoms with E-state index in [-0.39, 0.29) is 5.97 Å². The summed E-state index contributed by atoms with van der Waals surface area (Å²) in [5.41, 5.74) is 3.13. The fraction of sp³-hybridized carbons (Fsp3) is 0.400. The standard InChI is InChI=1S/C20H25N3O3/c1-15-18(19(21-26-15)16-7-5-4-6-8-16)13-17(20(24)25-3)14-23-11-9-22(2)10-12-23/h4-8,13H,9-12,14H2,1-3H3/b17-13-. The molecule has 138 valence electrons. The number of ether oxygens (including phenoxy) is 1. The quantitative estimate of drug-likeness (QED) is 0.607. The number of aromatic nitrogens is 1. The van der Waals surface area contributed by atoms with Crippen LogP contribution in [0.25, 0.3) is 17.3 Å². The van der Waals surface area contributed by atoms with Gasteiger partial charge in [0.1, 0.15) is 11.5 Å². The molecule has 2 aromatic rings. The van der Waals surface area contributed by atoms with E-state index in [4.69, 9.17) is 9.26 Å². The molecule has 1 aromatic heterocycles. The summed E-state index contributed by atoms with van der Waals surface area (Å²) < 4.78 is 10.4. The Hall–Kier alpha value is -2.44. The number of hydrogen-bond acceptors (Lipinski definition) is 6. The van der Waals surface area contributed by atoms with Crippen molar-refractivity contribution in [3.8, 4) is 11.3 Å². The van der Waals surface area contributed by atoms with Crippen molar-refractivity contribution in [2.24, 2.45) is 0 Å². The molecule has 3 rings (SSSR count). The van der Waals surface area contributed by atoms with Gasteiger partial charge in [0.05, 0.1) is 12.7 Å². The largest absolute Gasteiger partial charge is 0.466 e. The Balaban J connectivity index is 1.91. The highest BCUT2D eigenvalue weighted by molar-refractivity contribution is 5.95. The molecule has 0 amide bonds. The maximum absolute atomic E-state index is 12.4. The number of benzene rings is 1. The Morgan fingerprint density at radius 3 is 2.58 bits per heavy atom. The van der Waals surface area contributed by atoms with Crippen LogP contribution in [-0.4, -0.2) is 67.8 Å². The molecule has 1 aliphatic rings. The molecule has 0 spiro atoms. The first-order valence-corrected chi connectivity index (χ1v) is 8.80. The van der Waals surface area contributed by atoms with Crippen LogP contribution in [-0.2, 0) is 9.53 Å². The first-order valence-electron chi connectivity index (χ1n) is 8.80. The minimum Gasteiger partial charge on any atom is -0.466 e. The normalized spacial score (nSPS) is 16.7. The van der Waals surface area contributed by atoms with Crippen molar-refractivity contribution >= 4 is 12.0 Å². The molecule has 1 saturated heterocycles. The molecular weight excluding hydrogens is 330 g/mol. The molecule has 0 atom stereocenters. The van der Waals surface area contributed by atoms with Gasteiger partial charge in [-0.25, -0.2) is 4.79 Å². The number of hydrogen-bond donors (Lipinski definition) is 0. The number of carbonyl (C=O) groups excluding carboxylic acids is 1. The van der Waals surface area contributed by atoms with Crippen LogP contribution in [0.4, 0.5) is 0 Å². The second-order valence-electron chi connectivity index (χ2n) is 6.61. The molecule has 0 saturated carbocycles. The zero-order chi connectivity index (χ0) is 18.5. The van der Waals surface area contributed by atoms with E-state index in [1.54, 1.807) is 0 Å². The summed E-state index contributed by atoms with van der Waals surface area (Å²) in [4.78, 5) is 16.9. The Morgan fingerprint density at radius 2 is 1.92 bits per heavy atom. The molecule has 6 heteroatoms. The van der Waals surface area contributed by atoms with Crippen molar-refractivity contribution in [1.82, 2.24) is 15.0 Å². The van der Waals surface area contributed by atoms with Gasteiger partial charge in [-0.2, -0.15) is 0 Å². The van der Waals surface area contributed by atoms with Crippen molar-refractivity contribution in [3.63, 3.8) is 0 Å². The minimum atomic E-state index is -0.316. The third kappa shape index (κ3) is 4.20. The van der Waals surface area contributed by atoms with E-state index in [0.717, 1.165) is 43.0 Å². The highest BCUT2D eigenvalue weighted by Gasteiger charge is 2.21. The summed E-state index contributed by atoms with van der Waals surface area (Å²) in [5, 5.41) is 4.19. The third-order valence-corrected chi connectivity index (χ3v) is 4.71. The summed E-state index contributed by atoms with van der Waals surface area (Å²) in [6, 6.07) is 9.83. The smallest absolute Gasteiger partial charge is 0.335 e. The molecule has 0 bridgehead atoms. The Bertz CT molecular complexity index is 775. The van der Waals surface area contributed by atoms with E-state index in [1.807, 2.05) is 43.3 Å². The topological polar surface area (TPSA) is 58.8 Å². The van der Waals surface area contributed by atoms with E-state index in [1.165, 1.54) is 7.11 Å². The van der Waals surface area contributed by atoms with Crippen LogP contribution in [0.2, 0.25) is 0 Å². The van der Waals surface area contributed by atoms with E-state index < -0.39 is 0 Å². The molecule has 2 heterocycles. The minimum absolute atomic E-state index is 0.316. The number of methoxy groups -OCH3 is 1. The third-order valence-electron chi connectivity index (χ3n) is 4.71. The van der Waals surface area contributed by atoms with Crippen LogP contribution in [0.15, 0.2) is 40.4 Å². The predicted molar refractivity (Wildman–Crippen MR) is 101 cm³/mol. The molecule has 1 fully saturated rings. The van der Waals surface area contributed by atoms with E-state index in [2.05, 4.69) is 22.0 Å². The predicted octanol–water partition coefficient (Wildman–Crippen LogP) is 2.45. The molecule has 1 aliphatic heterocycles. The zero-order valence-corrected chi connectivity index (χ0v) is 15.6. The van der Waals surface area contributed by atoms with Gasteiger partial charge >= 0.3 is 5.97 Å². The van der Waals surface area contributed by atoms with Crippen LogP contribution in [0.1, 0.15) is 11.3 Å². The molecule has 0 aliphatic carbocycles. The first kappa shape index (κ1) is 18.4. The van der Waals surface area contributed by atoms with Crippen LogP contribution < -0.4 is 0 Å². The molecule has 0 radical (unpaired) electrons. The van der Waals surface area contributed by atoms with Crippen LogP contribution in [0.5, 0.6) is 0 Å². The summed E-state index contributed by atoms with van der Waals surface area (Å²) in [7, 11) is 3.53. The summed E-state index contributed by atoms with van der Waals surface area (Å²) >= 11 is 0. The highest BCUT2D eigenvalue weighted by Crippen LogP contribution is 2.27. The van der Waals surface area contributed by atoms with Crippen LogP contribution in [0.3, 0.4) is 0 Å². The lowest BCUT2D eigenvalue weighted by atomic mass is 10.0. The van der Waals surface area contributed by atoms with E-state index in [9.17, 15) is 4.79 Å². The highest BCUT2D eigenvalue weighted by atomic mass is 16.5. The lowest BCUT2D eigenvalue weighted by Gasteiger charge is -2.32. The molecule has 0 unspecified atom stereocenters. The number of rotatable bonds is 5. The summed E-state index contributed by atoms with van der Waals surface area (Å²) in [6.45, 7) is 6.26. The molecule has 26 heavy (non-hydrogen) atoms. The van der Waals surface area contributed by atoms with Crippen molar-refractivity contribution in [2.45, 2.75) is 6.92 Å². The van der Waals surface area contributed by atoms with Crippen molar-refractivity contribution in [3.05, 3.63) is 47.2 Å². The number of esters is 1. The second-order valence-corrected chi connectivity index (χ2v) is 6.61. The van der Waals surface area contributed by atoms with Crippen molar-refractivity contribution < 1.29 is 14.1 Å². The fourth-order valence-electron chi connectivity index (χ4n) is 3.07. The number of carbonyl (C=O) groups is 1. The van der Waals surface area contributed by atoms with Gasteiger partial charge in [-0.3, -0.25) is 4.90 Å². The van der Waals surface area contributed by atoms with Crippen molar-refractivity contribution in [1.29, 1.82) is 0 Å². The molecule has 6 nitrogen and oxygen atoms in total. The number of aryl methyl sites for hydroxylation is 1. The summed E-state index contributed by atoms with van der Waals surface area (Å²) in [6.07, 6.45) is 1.86. The Labute approximate surface area is 154 Å². The van der Waals surface area contributed by atoms with Gasteiger partial charge in [0.25, 0.3) is 0 Å². The molecule has 1 aromatic carbocycles. The number of nitrogens with zero attached hydrogens (tertiary/aromatic N) is 3. The van der Waals surface area contributed by atoms with Crippen LogP contribution >= 0.6 is 0 Å². The van der Waals surface area contributed by atoms with Gasteiger partial charge in [-0.1, -0.05) is 35.5 Å². The van der Waals surface area contributed by atoms with Gasteiger partial charge < -0.3 is 14.2 Å². The maximum atomic E-state index is 12.4. The zero-order valence-electron chi connectivity index (χ0n) is 15.6. The van der Waals surface area contributed by atoms with Gasteiger partial charge in [0.15, 0.2) is 0 Å². The SMILES string of the molecule is COC(=O)/C(=C\c1c(-c2ccccc2)noc1C)CN1CCN(C)CC1. The van der Waals surface area contributed by atoms with Gasteiger partial charge in [-0.15, -0.1) is 0 Å². The first-order chi connectivity index (χ1) is 12.6. The molecular formula is C20H25N3O3. The Kier molecular flexibility index (Phi) is 5.85. The number of likely N-dealkylation sites (N-methyl/N-ethyl adjacent to an activating group) is 1. The summed E-state index contributed by atoms with van der Waals surface area (Å²) in [5.74, 6) is 0.368. The van der Waals surface area contributed by atoms with Gasteiger partial charge in [0, 0.05) is 43.9 Å². The average Bonchev–Trinajstić information content (AvgIpc) is 3.03. The Morgan fingerprint density at radius 1 is 1.23 bits per heavy atom. The van der Waals surface area contributed by atoms with Crippen molar-refractivity contribution in [2.75, 3.05) is 46.9 Å².